The third-order valence-electron chi connectivity index (χ3n) is 4.84. The summed E-state index contributed by atoms with van der Waals surface area (Å²) >= 11 is 1.09. The Labute approximate surface area is 188 Å². The van der Waals surface area contributed by atoms with Gasteiger partial charge in [0.25, 0.3) is 0 Å². The van der Waals surface area contributed by atoms with E-state index in [-0.39, 0.29) is 5.69 Å². The summed E-state index contributed by atoms with van der Waals surface area (Å²) in [5.74, 6) is 0.0701. The fourth-order valence-corrected chi connectivity index (χ4v) is 4.32. The monoisotopic (exact) mass is 470 g/mol. The second-order valence-corrected chi connectivity index (χ2v) is 8.06. The van der Waals surface area contributed by atoms with E-state index < -0.39 is 17.7 Å². The first-order chi connectivity index (χ1) is 15.8. The molecule has 3 heterocycles. The van der Waals surface area contributed by atoms with Crippen molar-refractivity contribution in [2.75, 3.05) is 0 Å². The average molecular weight is 470 g/mol. The van der Waals surface area contributed by atoms with Gasteiger partial charge in [-0.05, 0) is 55.5 Å². The van der Waals surface area contributed by atoms with Gasteiger partial charge in [-0.25, -0.2) is 9.48 Å². The molecule has 33 heavy (non-hydrogen) atoms. The van der Waals surface area contributed by atoms with Gasteiger partial charge in [0.15, 0.2) is 0 Å². The molecule has 0 N–H and O–H groups in total. The Balaban J connectivity index is 1.43. The topological polar surface area (TPSA) is 83.0 Å². The fraction of sp³-hybridized carbons (Fsp3) is 0.0909. The van der Waals surface area contributed by atoms with Crippen molar-refractivity contribution >= 4 is 27.5 Å². The van der Waals surface area contributed by atoms with Gasteiger partial charge in [-0.1, -0.05) is 6.07 Å². The first kappa shape index (κ1) is 20.9. The Bertz CT molecular complexity index is 1450. The number of aryl methyl sites for hydroxylation is 1. The van der Waals surface area contributed by atoms with E-state index in [1.165, 1.54) is 23.2 Å². The number of ether oxygens (including phenoxy) is 1. The lowest BCUT2D eigenvalue weighted by atomic mass is 10.2. The highest BCUT2D eigenvalue weighted by Crippen LogP contribution is 2.34. The normalized spacial score (nSPS) is 11.8. The zero-order valence-electron chi connectivity index (χ0n) is 16.8. The Hall–Kier alpha value is -3.99. The first-order valence-corrected chi connectivity index (χ1v) is 10.4. The molecular weight excluding hydrogens is 457 g/mol. The number of nitrogens with zero attached hydrogens (tertiary/aromatic N) is 4. The number of esters is 1. The molecule has 5 aromatic rings. The number of thiophene rings is 1. The average Bonchev–Trinajstić information content (AvgIpc) is 3.52. The number of carbonyl (C=O) groups is 1. The molecule has 0 unspecified atom stereocenters. The number of hydrogen-bond donors (Lipinski definition) is 0. The summed E-state index contributed by atoms with van der Waals surface area (Å²) in [6.07, 6.45) is -3.26. The molecule has 0 atom stereocenters. The molecule has 166 valence electrons. The maximum Gasteiger partial charge on any atom is 0.416 e. The highest BCUT2D eigenvalue weighted by molar-refractivity contribution is 7.20. The van der Waals surface area contributed by atoms with E-state index in [9.17, 15) is 18.0 Å². The summed E-state index contributed by atoms with van der Waals surface area (Å²) in [4.78, 5) is 13.6. The smallest absolute Gasteiger partial charge is 0.416 e. The van der Waals surface area contributed by atoms with E-state index in [2.05, 4.69) is 15.3 Å². The van der Waals surface area contributed by atoms with Gasteiger partial charge in [0.05, 0.1) is 16.9 Å². The van der Waals surface area contributed by atoms with Crippen molar-refractivity contribution in [2.45, 2.75) is 13.1 Å². The van der Waals surface area contributed by atoms with E-state index in [0.717, 1.165) is 23.5 Å². The lowest BCUT2D eigenvalue weighted by Crippen LogP contribution is -2.07. The molecule has 0 aliphatic heterocycles. The van der Waals surface area contributed by atoms with Crippen LogP contribution in [0.25, 0.3) is 27.4 Å². The van der Waals surface area contributed by atoms with Gasteiger partial charge in [-0.3, -0.25) is 0 Å². The predicted molar refractivity (Wildman–Crippen MR) is 113 cm³/mol. The second kappa shape index (κ2) is 7.85. The molecule has 0 saturated heterocycles. The van der Waals surface area contributed by atoms with E-state index >= 15 is 0 Å². The Morgan fingerprint density at radius 1 is 1.12 bits per heavy atom. The molecule has 0 fully saturated rings. The van der Waals surface area contributed by atoms with Gasteiger partial charge >= 0.3 is 12.1 Å². The van der Waals surface area contributed by atoms with Crippen LogP contribution in [0.5, 0.6) is 5.75 Å². The van der Waals surface area contributed by atoms with Crippen molar-refractivity contribution in [3.8, 4) is 22.9 Å². The van der Waals surface area contributed by atoms with Crippen molar-refractivity contribution in [1.82, 2.24) is 20.0 Å². The van der Waals surface area contributed by atoms with Crippen LogP contribution in [0, 0.1) is 6.92 Å². The molecular formula is C22H13F3N4O3S. The number of hydrogen-bond acceptors (Lipinski definition) is 7. The molecule has 0 spiro atoms. The summed E-state index contributed by atoms with van der Waals surface area (Å²) in [6.45, 7) is 1.73. The van der Waals surface area contributed by atoms with Crippen molar-refractivity contribution in [3.63, 3.8) is 0 Å². The highest BCUT2D eigenvalue weighted by atomic mass is 32.1. The van der Waals surface area contributed by atoms with Gasteiger partial charge in [0.2, 0.25) is 12.3 Å². The van der Waals surface area contributed by atoms with Gasteiger partial charge in [-0.2, -0.15) is 18.3 Å². The van der Waals surface area contributed by atoms with Crippen LogP contribution in [0.15, 0.2) is 65.4 Å². The first-order valence-electron chi connectivity index (χ1n) is 9.55. The number of aromatic nitrogens is 4. The van der Waals surface area contributed by atoms with Gasteiger partial charge < -0.3 is 9.15 Å². The maximum absolute atomic E-state index is 13.1. The Kier molecular flexibility index (Phi) is 4.97. The van der Waals surface area contributed by atoms with Crippen LogP contribution in [-0.2, 0) is 6.18 Å². The number of halogens is 3. The summed E-state index contributed by atoms with van der Waals surface area (Å²) in [7, 11) is 0. The molecule has 11 heteroatoms. The Morgan fingerprint density at radius 3 is 2.61 bits per heavy atom. The largest absolute Gasteiger partial charge is 0.423 e. The number of alkyl halides is 3. The standard InChI is InChI=1S/C22H13F3N4O3S/c1-12-17-10-18(21(30)32-16-7-5-13(6-8-16)19-27-26-11-31-19)33-20(17)29(28-12)15-4-2-3-14(9-15)22(23,24)25/h2-11H,1H3. The van der Waals surface area contributed by atoms with Crippen molar-refractivity contribution < 1.29 is 27.1 Å². The Morgan fingerprint density at radius 2 is 1.91 bits per heavy atom. The molecule has 5 rings (SSSR count). The third-order valence-corrected chi connectivity index (χ3v) is 5.93. The van der Waals surface area contributed by atoms with Gasteiger partial charge in [-0.15, -0.1) is 21.5 Å². The SMILES string of the molecule is Cc1nn(-c2cccc(C(F)(F)F)c2)c2sc(C(=O)Oc3ccc(-c4nnco4)cc3)cc12. The maximum atomic E-state index is 13.1. The van der Waals surface area contributed by atoms with E-state index in [1.54, 1.807) is 37.3 Å². The summed E-state index contributed by atoms with van der Waals surface area (Å²) in [5, 5.41) is 12.4. The minimum atomic E-state index is -4.47. The van der Waals surface area contributed by atoms with E-state index in [0.29, 0.717) is 38.0 Å². The molecule has 3 aromatic heterocycles. The van der Waals surface area contributed by atoms with Crippen LogP contribution in [-0.4, -0.2) is 25.9 Å². The van der Waals surface area contributed by atoms with Crippen LogP contribution >= 0.6 is 11.3 Å². The molecule has 0 radical (unpaired) electrons. The molecule has 7 nitrogen and oxygen atoms in total. The zero-order chi connectivity index (χ0) is 23.2. The number of rotatable bonds is 4. The van der Waals surface area contributed by atoms with Gasteiger partial charge in [0, 0.05) is 10.9 Å². The lowest BCUT2D eigenvalue weighted by Gasteiger charge is -2.09. The summed E-state index contributed by atoms with van der Waals surface area (Å²) in [6, 6.07) is 13.0. The van der Waals surface area contributed by atoms with E-state index in [4.69, 9.17) is 9.15 Å². The third kappa shape index (κ3) is 3.98. The number of carbonyl (C=O) groups excluding carboxylic acids is 1. The second-order valence-electron chi connectivity index (χ2n) is 7.03. The molecule has 0 saturated carbocycles. The molecule has 2 aromatic carbocycles. The van der Waals surface area contributed by atoms with Gasteiger partial charge in [0.1, 0.15) is 15.5 Å². The van der Waals surface area contributed by atoms with Crippen LogP contribution < -0.4 is 4.74 Å². The lowest BCUT2D eigenvalue weighted by molar-refractivity contribution is -0.137. The highest BCUT2D eigenvalue weighted by Gasteiger charge is 2.31. The van der Waals surface area contributed by atoms with Crippen molar-refractivity contribution in [2.24, 2.45) is 0 Å². The molecule has 0 bridgehead atoms. The molecule has 0 aliphatic rings. The fourth-order valence-electron chi connectivity index (χ4n) is 3.26. The predicted octanol–water partition coefficient (Wildman–Crippen LogP) is 5.68. The molecule has 0 amide bonds. The summed E-state index contributed by atoms with van der Waals surface area (Å²) < 4.78 is 51.3. The zero-order valence-corrected chi connectivity index (χ0v) is 17.6. The minimum Gasteiger partial charge on any atom is -0.423 e. The van der Waals surface area contributed by atoms with Crippen LogP contribution in [0.4, 0.5) is 13.2 Å². The van der Waals surface area contributed by atoms with Crippen molar-refractivity contribution in [3.05, 3.63) is 77.1 Å². The minimum absolute atomic E-state index is 0.251. The molecule has 0 aliphatic carbocycles. The number of benzene rings is 2. The van der Waals surface area contributed by atoms with Crippen LogP contribution in [0.3, 0.4) is 0 Å². The van der Waals surface area contributed by atoms with Crippen LogP contribution in [0.1, 0.15) is 20.9 Å². The quantitative estimate of drug-likeness (QED) is 0.248. The number of fused-ring (bicyclic) bond motifs is 1. The van der Waals surface area contributed by atoms with Crippen molar-refractivity contribution in [1.29, 1.82) is 0 Å². The van der Waals surface area contributed by atoms with Crippen LogP contribution in [0.2, 0.25) is 0 Å². The van der Waals surface area contributed by atoms with E-state index in [1.807, 2.05) is 0 Å². The summed E-state index contributed by atoms with van der Waals surface area (Å²) in [5.41, 5.74) is 0.732.